The van der Waals surface area contributed by atoms with Crippen molar-refractivity contribution in [3.05, 3.63) is 29.8 Å². The first-order chi connectivity index (χ1) is 9.58. The third-order valence-corrected chi connectivity index (χ3v) is 3.51. The summed E-state index contributed by atoms with van der Waals surface area (Å²) >= 11 is 0. The standard InChI is InChI=1S/C17H30N2O/c1-5-6-7-12-19(4)17(13-18)15-8-10-16(11-9-15)20-14(2)3/h8-11,14,17H,5-7,12-13,18H2,1-4H3. The molecular weight excluding hydrogens is 248 g/mol. The molecule has 0 spiro atoms. The molecule has 3 nitrogen and oxygen atoms in total. The quantitative estimate of drug-likeness (QED) is 0.701. The molecule has 1 aromatic carbocycles. The third kappa shape index (κ3) is 5.51. The van der Waals surface area contributed by atoms with Gasteiger partial charge >= 0.3 is 0 Å². The van der Waals surface area contributed by atoms with Crippen molar-refractivity contribution in [3.63, 3.8) is 0 Å². The summed E-state index contributed by atoms with van der Waals surface area (Å²) in [5.74, 6) is 0.924. The molecule has 0 aliphatic heterocycles. The van der Waals surface area contributed by atoms with Gasteiger partial charge in [0.1, 0.15) is 5.75 Å². The van der Waals surface area contributed by atoms with Gasteiger partial charge in [-0.1, -0.05) is 31.9 Å². The minimum absolute atomic E-state index is 0.211. The molecule has 3 heteroatoms. The Morgan fingerprint density at radius 2 is 1.80 bits per heavy atom. The fraction of sp³-hybridized carbons (Fsp3) is 0.647. The topological polar surface area (TPSA) is 38.5 Å². The van der Waals surface area contributed by atoms with E-state index < -0.39 is 0 Å². The highest BCUT2D eigenvalue weighted by molar-refractivity contribution is 5.29. The van der Waals surface area contributed by atoms with Crippen LogP contribution in [0.5, 0.6) is 5.75 Å². The Bertz CT molecular complexity index is 362. The summed E-state index contributed by atoms with van der Waals surface area (Å²) in [5.41, 5.74) is 7.22. The maximum atomic E-state index is 5.96. The van der Waals surface area contributed by atoms with Crippen LogP contribution in [0.15, 0.2) is 24.3 Å². The molecule has 0 fully saturated rings. The smallest absolute Gasteiger partial charge is 0.119 e. The van der Waals surface area contributed by atoms with E-state index in [0.29, 0.717) is 12.6 Å². The highest BCUT2D eigenvalue weighted by atomic mass is 16.5. The Morgan fingerprint density at radius 3 is 2.30 bits per heavy atom. The molecule has 0 heterocycles. The SMILES string of the molecule is CCCCCN(C)C(CN)c1ccc(OC(C)C)cc1. The van der Waals surface area contributed by atoms with Gasteiger partial charge in [-0.05, 0) is 51.6 Å². The van der Waals surface area contributed by atoms with Crippen LogP contribution in [0.2, 0.25) is 0 Å². The van der Waals surface area contributed by atoms with Gasteiger partial charge in [-0.2, -0.15) is 0 Å². The molecule has 0 amide bonds. The number of nitrogens with zero attached hydrogens (tertiary/aromatic N) is 1. The molecule has 0 saturated heterocycles. The van der Waals surface area contributed by atoms with Crippen molar-refractivity contribution in [1.82, 2.24) is 4.90 Å². The molecular formula is C17H30N2O. The zero-order chi connectivity index (χ0) is 15.0. The van der Waals surface area contributed by atoms with Crippen LogP contribution in [0, 0.1) is 0 Å². The molecule has 20 heavy (non-hydrogen) atoms. The van der Waals surface area contributed by atoms with Gasteiger partial charge in [-0.25, -0.2) is 0 Å². The second-order valence-corrected chi connectivity index (χ2v) is 5.67. The van der Waals surface area contributed by atoms with E-state index in [0.717, 1.165) is 12.3 Å². The molecule has 1 atom stereocenters. The fourth-order valence-corrected chi connectivity index (χ4v) is 2.38. The van der Waals surface area contributed by atoms with Gasteiger partial charge in [0.15, 0.2) is 0 Å². The van der Waals surface area contributed by atoms with Crippen LogP contribution in [0.3, 0.4) is 0 Å². The molecule has 0 saturated carbocycles. The van der Waals surface area contributed by atoms with Crippen molar-refractivity contribution in [3.8, 4) is 5.75 Å². The zero-order valence-corrected chi connectivity index (χ0v) is 13.4. The largest absolute Gasteiger partial charge is 0.491 e. The van der Waals surface area contributed by atoms with Gasteiger partial charge in [0.05, 0.1) is 6.10 Å². The Hall–Kier alpha value is -1.06. The van der Waals surface area contributed by atoms with Crippen molar-refractivity contribution in [2.75, 3.05) is 20.1 Å². The lowest BCUT2D eigenvalue weighted by Gasteiger charge is -2.27. The van der Waals surface area contributed by atoms with Crippen molar-refractivity contribution in [2.24, 2.45) is 5.73 Å². The summed E-state index contributed by atoms with van der Waals surface area (Å²) in [6, 6.07) is 8.63. The van der Waals surface area contributed by atoms with Crippen LogP contribution >= 0.6 is 0 Å². The Balaban J connectivity index is 2.64. The van der Waals surface area contributed by atoms with Crippen LogP contribution < -0.4 is 10.5 Å². The summed E-state index contributed by atoms with van der Waals surface area (Å²) in [6.07, 6.45) is 3.98. The van der Waals surface area contributed by atoms with Crippen molar-refractivity contribution in [1.29, 1.82) is 0 Å². The molecule has 1 rings (SSSR count). The lowest BCUT2D eigenvalue weighted by Crippen LogP contribution is -2.31. The van der Waals surface area contributed by atoms with E-state index in [1.165, 1.54) is 24.8 Å². The predicted molar refractivity (Wildman–Crippen MR) is 86.2 cm³/mol. The van der Waals surface area contributed by atoms with Crippen LogP contribution in [-0.2, 0) is 0 Å². The second kappa shape index (κ2) is 8.98. The molecule has 2 N–H and O–H groups in total. The summed E-state index contributed by atoms with van der Waals surface area (Å²) in [6.45, 7) is 8.05. The second-order valence-electron chi connectivity index (χ2n) is 5.67. The minimum atomic E-state index is 0.211. The summed E-state index contributed by atoms with van der Waals surface area (Å²) in [5, 5.41) is 0. The fourth-order valence-electron chi connectivity index (χ4n) is 2.38. The van der Waals surface area contributed by atoms with Crippen molar-refractivity contribution in [2.45, 2.75) is 52.2 Å². The van der Waals surface area contributed by atoms with Gasteiger partial charge in [-0.15, -0.1) is 0 Å². The maximum absolute atomic E-state index is 5.96. The molecule has 0 radical (unpaired) electrons. The Morgan fingerprint density at radius 1 is 1.15 bits per heavy atom. The lowest BCUT2D eigenvalue weighted by atomic mass is 10.1. The average molecular weight is 278 g/mol. The van der Waals surface area contributed by atoms with Gasteiger partial charge in [0, 0.05) is 12.6 Å². The maximum Gasteiger partial charge on any atom is 0.119 e. The van der Waals surface area contributed by atoms with Crippen LogP contribution in [0.1, 0.15) is 51.6 Å². The highest BCUT2D eigenvalue weighted by Crippen LogP contribution is 2.22. The summed E-state index contributed by atoms with van der Waals surface area (Å²) in [7, 11) is 2.16. The number of likely N-dealkylation sites (N-methyl/N-ethyl adjacent to an activating group) is 1. The van der Waals surface area contributed by atoms with Gasteiger partial charge < -0.3 is 10.5 Å². The average Bonchev–Trinajstić information content (AvgIpc) is 2.41. The van der Waals surface area contributed by atoms with E-state index in [1.54, 1.807) is 0 Å². The zero-order valence-electron chi connectivity index (χ0n) is 13.4. The first kappa shape index (κ1) is 17.0. The number of ether oxygens (including phenoxy) is 1. The summed E-state index contributed by atoms with van der Waals surface area (Å²) < 4.78 is 5.68. The minimum Gasteiger partial charge on any atom is -0.491 e. The molecule has 0 aliphatic carbocycles. The third-order valence-electron chi connectivity index (χ3n) is 3.51. The van der Waals surface area contributed by atoms with E-state index in [4.69, 9.17) is 10.5 Å². The Kier molecular flexibility index (Phi) is 7.63. The van der Waals surface area contributed by atoms with Crippen LogP contribution in [0.25, 0.3) is 0 Å². The normalized spacial score (nSPS) is 12.9. The van der Waals surface area contributed by atoms with E-state index in [2.05, 4.69) is 31.0 Å². The first-order valence-electron chi connectivity index (χ1n) is 7.75. The van der Waals surface area contributed by atoms with Gasteiger partial charge in [0.25, 0.3) is 0 Å². The van der Waals surface area contributed by atoms with Gasteiger partial charge in [-0.3, -0.25) is 4.90 Å². The molecule has 0 aromatic heterocycles. The summed E-state index contributed by atoms with van der Waals surface area (Å²) in [4.78, 5) is 2.36. The Labute approximate surface area is 124 Å². The lowest BCUT2D eigenvalue weighted by molar-refractivity contribution is 0.239. The monoisotopic (exact) mass is 278 g/mol. The molecule has 1 unspecified atom stereocenters. The number of rotatable bonds is 9. The first-order valence-corrected chi connectivity index (χ1v) is 7.75. The number of nitrogens with two attached hydrogens (primary N) is 1. The van der Waals surface area contributed by atoms with E-state index in [1.807, 2.05) is 26.0 Å². The number of unbranched alkanes of at least 4 members (excludes halogenated alkanes) is 2. The van der Waals surface area contributed by atoms with Crippen LogP contribution in [0.4, 0.5) is 0 Å². The van der Waals surface area contributed by atoms with E-state index in [-0.39, 0.29) is 6.10 Å². The van der Waals surface area contributed by atoms with E-state index >= 15 is 0 Å². The van der Waals surface area contributed by atoms with Crippen molar-refractivity contribution >= 4 is 0 Å². The molecule has 1 aromatic rings. The predicted octanol–water partition coefficient (Wildman–Crippen LogP) is 3.60. The number of benzene rings is 1. The van der Waals surface area contributed by atoms with E-state index in [9.17, 15) is 0 Å². The number of hydrogen-bond acceptors (Lipinski definition) is 3. The molecule has 0 bridgehead atoms. The van der Waals surface area contributed by atoms with Crippen molar-refractivity contribution < 1.29 is 4.74 Å². The van der Waals surface area contributed by atoms with Crippen LogP contribution in [-0.4, -0.2) is 31.1 Å². The van der Waals surface area contributed by atoms with Gasteiger partial charge in [0.2, 0.25) is 0 Å². The highest BCUT2D eigenvalue weighted by Gasteiger charge is 2.15. The number of hydrogen-bond donors (Lipinski definition) is 1. The molecule has 0 aliphatic rings. The molecule has 114 valence electrons.